The Hall–Kier alpha value is 0.292. The Morgan fingerprint density at radius 3 is 2.60 bits per heavy atom. The summed E-state index contributed by atoms with van der Waals surface area (Å²) < 4.78 is 0. The van der Waals surface area contributed by atoms with Crippen LogP contribution in [0.5, 0.6) is 0 Å². The zero-order valence-corrected chi connectivity index (χ0v) is 7.63. The molecule has 56 valence electrons. The molecule has 0 aliphatic heterocycles. The highest BCUT2D eigenvalue weighted by Gasteiger charge is 2.12. The maximum Gasteiger partial charge on any atom is 0.305 e. The molecule has 2 radical (unpaired) electrons. The maximum atomic E-state index is 10.4. The van der Waals surface area contributed by atoms with Crippen LogP contribution in [0.2, 0.25) is 5.28 Å². The fourth-order valence-corrected chi connectivity index (χ4v) is 1.26. The standard InChI is InChI=1S/C6H10ClO2.Al/c1-5(6(8)9)3-2-4-7;/h5H,1-4H2,(H,8,9);. The minimum atomic E-state index is -0.722. The zero-order chi connectivity index (χ0) is 7.98. The van der Waals surface area contributed by atoms with Crippen molar-refractivity contribution in [2.45, 2.75) is 18.1 Å². The molecule has 0 aliphatic rings. The summed E-state index contributed by atoms with van der Waals surface area (Å²) in [5.74, 6) is -0.405. The van der Waals surface area contributed by atoms with Gasteiger partial charge in [-0.1, -0.05) is 0 Å². The van der Waals surface area contributed by atoms with Crippen molar-refractivity contribution in [2.75, 3.05) is 5.88 Å². The van der Waals surface area contributed by atoms with Crippen LogP contribution in [0.25, 0.3) is 0 Å². The molecule has 0 saturated carbocycles. The number of carbonyl (C=O) groups is 1. The minimum Gasteiger partial charge on any atom is -0.481 e. The van der Waals surface area contributed by atoms with Crippen LogP contribution >= 0.6 is 11.6 Å². The second-order valence-electron chi connectivity index (χ2n) is 2.10. The summed E-state index contributed by atoms with van der Waals surface area (Å²) in [4.78, 5) is 10.4. The third-order valence-electron chi connectivity index (χ3n) is 1.32. The summed E-state index contributed by atoms with van der Waals surface area (Å²) in [6.07, 6.45) is 1.47. The van der Waals surface area contributed by atoms with Crippen molar-refractivity contribution >= 4 is 33.9 Å². The summed E-state index contributed by atoms with van der Waals surface area (Å²) >= 11 is 7.84. The van der Waals surface area contributed by atoms with Crippen LogP contribution in [0.15, 0.2) is 0 Å². The summed E-state index contributed by atoms with van der Waals surface area (Å²) in [5, 5.41) is 9.16. The Bertz CT molecular complexity index is 108. The quantitative estimate of drug-likeness (QED) is 0.506. The average molecular weight is 177 g/mol. The first kappa shape index (κ1) is 10.3. The normalized spacial score (nSPS) is 12.9. The first-order chi connectivity index (χ1) is 4.72. The van der Waals surface area contributed by atoms with E-state index in [1.807, 2.05) is 0 Å². The van der Waals surface area contributed by atoms with Crippen molar-refractivity contribution in [3.8, 4) is 0 Å². The van der Waals surface area contributed by atoms with Crippen molar-refractivity contribution in [2.24, 2.45) is 5.92 Å². The number of hydrogen-bond acceptors (Lipinski definition) is 1. The third kappa shape index (κ3) is 4.16. The van der Waals surface area contributed by atoms with Gasteiger partial charge in [-0.05, 0) is 12.8 Å². The SMILES string of the molecule is O=C(O)C([CH2][Al])CCCCl. The van der Waals surface area contributed by atoms with Crippen LogP contribution in [0.3, 0.4) is 0 Å². The highest BCUT2D eigenvalue weighted by Crippen LogP contribution is 2.10. The number of aliphatic carboxylic acids is 1. The molecule has 0 bridgehead atoms. The Balaban J connectivity index is 3.50. The van der Waals surface area contributed by atoms with Crippen molar-refractivity contribution in [1.82, 2.24) is 0 Å². The van der Waals surface area contributed by atoms with Crippen molar-refractivity contribution in [3.05, 3.63) is 0 Å². The number of rotatable bonds is 5. The molecule has 0 rings (SSSR count). The molecule has 0 heterocycles. The molecule has 2 nitrogen and oxygen atoms in total. The number of carboxylic acid groups (broad SMARTS) is 1. The largest absolute Gasteiger partial charge is 0.481 e. The second-order valence-corrected chi connectivity index (χ2v) is 2.95. The predicted molar refractivity (Wildman–Crippen MR) is 41.6 cm³/mol. The van der Waals surface area contributed by atoms with E-state index in [0.717, 1.165) is 6.42 Å². The summed E-state index contributed by atoms with van der Waals surface area (Å²) in [5.41, 5.74) is 0. The summed E-state index contributed by atoms with van der Waals surface area (Å²) in [6, 6.07) is 0. The van der Waals surface area contributed by atoms with E-state index < -0.39 is 5.97 Å². The predicted octanol–water partition coefficient (Wildman–Crippen LogP) is 1.29. The first-order valence-corrected chi connectivity index (χ1v) is 4.56. The van der Waals surface area contributed by atoms with Crippen LogP contribution in [-0.4, -0.2) is 33.2 Å². The summed E-state index contributed by atoms with van der Waals surface area (Å²) in [6.45, 7) is 0. The van der Waals surface area contributed by atoms with Gasteiger partial charge in [0.05, 0.1) is 0 Å². The van der Waals surface area contributed by atoms with Crippen LogP contribution in [0, 0.1) is 5.92 Å². The van der Waals surface area contributed by atoms with Gasteiger partial charge in [-0.15, -0.1) is 16.9 Å². The molecule has 10 heavy (non-hydrogen) atoms. The molecule has 1 atom stereocenters. The van der Waals surface area contributed by atoms with E-state index in [1.165, 1.54) is 0 Å². The van der Waals surface area contributed by atoms with Crippen molar-refractivity contribution < 1.29 is 9.90 Å². The molecular formula is C6H10AlClO2. The third-order valence-corrected chi connectivity index (χ3v) is 2.16. The van der Waals surface area contributed by atoms with Crippen molar-refractivity contribution in [1.29, 1.82) is 0 Å². The lowest BCUT2D eigenvalue weighted by molar-refractivity contribution is -0.141. The van der Waals surface area contributed by atoms with Gasteiger partial charge in [0, 0.05) is 11.8 Å². The molecule has 1 N–H and O–H groups in total. The van der Waals surface area contributed by atoms with Gasteiger partial charge < -0.3 is 5.11 Å². The van der Waals surface area contributed by atoms with E-state index in [1.54, 1.807) is 0 Å². The molecule has 0 saturated heterocycles. The smallest absolute Gasteiger partial charge is 0.305 e. The monoisotopic (exact) mass is 176 g/mol. The van der Waals surface area contributed by atoms with Gasteiger partial charge in [-0.3, -0.25) is 4.79 Å². The molecule has 0 aromatic carbocycles. The second kappa shape index (κ2) is 6.03. The molecule has 0 aromatic heterocycles. The Morgan fingerprint density at radius 1 is 1.70 bits per heavy atom. The molecule has 0 aliphatic carbocycles. The van der Waals surface area contributed by atoms with Gasteiger partial charge in [-0.2, -0.15) is 0 Å². The molecule has 4 heteroatoms. The molecular weight excluding hydrogens is 166 g/mol. The Kier molecular flexibility index (Phi) is 6.21. The zero-order valence-electron chi connectivity index (χ0n) is 5.72. The highest BCUT2D eigenvalue weighted by molar-refractivity contribution is 6.17. The van der Waals surface area contributed by atoms with E-state index in [-0.39, 0.29) is 5.92 Å². The molecule has 1 unspecified atom stereocenters. The van der Waals surface area contributed by atoms with E-state index in [4.69, 9.17) is 16.7 Å². The maximum absolute atomic E-state index is 10.4. The van der Waals surface area contributed by atoms with Gasteiger partial charge in [0.2, 0.25) is 0 Å². The lowest BCUT2D eigenvalue weighted by Crippen LogP contribution is -2.12. The number of hydrogen-bond donors (Lipinski definition) is 1. The van der Waals surface area contributed by atoms with Gasteiger partial charge in [0.15, 0.2) is 0 Å². The fourth-order valence-electron chi connectivity index (χ4n) is 0.666. The van der Waals surface area contributed by atoms with Crippen LogP contribution in [-0.2, 0) is 4.79 Å². The fraction of sp³-hybridized carbons (Fsp3) is 0.833. The lowest BCUT2D eigenvalue weighted by Gasteiger charge is -2.07. The first-order valence-electron chi connectivity index (χ1n) is 3.21. The molecule has 0 aromatic rings. The lowest BCUT2D eigenvalue weighted by atomic mass is 10.1. The summed E-state index contributed by atoms with van der Waals surface area (Å²) in [7, 11) is 0. The number of halogens is 1. The molecule has 0 amide bonds. The number of carboxylic acids is 1. The van der Waals surface area contributed by atoms with Crippen LogP contribution in [0.1, 0.15) is 12.8 Å². The van der Waals surface area contributed by atoms with Crippen molar-refractivity contribution in [3.63, 3.8) is 0 Å². The van der Waals surface area contributed by atoms with E-state index in [2.05, 4.69) is 16.3 Å². The van der Waals surface area contributed by atoms with E-state index >= 15 is 0 Å². The van der Waals surface area contributed by atoms with E-state index in [0.29, 0.717) is 17.6 Å². The highest BCUT2D eigenvalue weighted by atomic mass is 35.5. The Morgan fingerprint density at radius 2 is 2.30 bits per heavy atom. The van der Waals surface area contributed by atoms with Crippen LogP contribution < -0.4 is 0 Å². The topological polar surface area (TPSA) is 37.3 Å². The Labute approximate surface area is 74.0 Å². The number of alkyl halides is 1. The van der Waals surface area contributed by atoms with Gasteiger partial charge in [0.25, 0.3) is 0 Å². The van der Waals surface area contributed by atoms with E-state index in [9.17, 15) is 4.79 Å². The molecule has 0 spiro atoms. The van der Waals surface area contributed by atoms with Gasteiger partial charge in [0.1, 0.15) is 16.3 Å². The van der Waals surface area contributed by atoms with Gasteiger partial charge >= 0.3 is 5.97 Å². The minimum absolute atomic E-state index is 0.233. The molecule has 0 fully saturated rings. The van der Waals surface area contributed by atoms with Gasteiger partial charge in [-0.25, -0.2) is 0 Å². The average Bonchev–Trinajstić information content (AvgIpc) is 1.89. The van der Waals surface area contributed by atoms with Crippen LogP contribution in [0.4, 0.5) is 0 Å².